The quantitative estimate of drug-likeness (QED) is 0.497. The number of para-hydroxylation sites is 1. The number of tetrazole rings is 1. The predicted molar refractivity (Wildman–Crippen MR) is 126 cm³/mol. The van der Waals surface area contributed by atoms with Crippen LogP contribution in [0.4, 0.5) is 5.95 Å². The maximum absolute atomic E-state index is 12.7. The molecule has 35 heavy (non-hydrogen) atoms. The highest BCUT2D eigenvalue weighted by Gasteiger charge is 2.25. The second kappa shape index (κ2) is 10.7. The van der Waals surface area contributed by atoms with Crippen molar-refractivity contribution in [3.63, 3.8) is 0 Å². The lowest BCUT2D eigenvalue weighted by Gasteiger charge is -2.34. The van der Waals surface area contributed by atoms with Gasteiger partial charge in [-0.2, -0.15) is 4.68 Å². The van der Waals surface area contributed by atoms with Crippen molar-refractivity contribution in [2.75, 3.05) is 59.0 Å². The summed E-state index contributed by atoms with van der Waals surface area (Å²) in [4.78, 5) is 29.2. The molecule has 1 aromatic heterocycles. The van der Waals surface area contributed by atoms with Crippen LogP contribution in [0.2, 0.25) is 0 Å². The fraction of sp³-hybridized carbons (Fsp3) is 0.348. The van der Waals surface area contributed by atoms with Gasteiger partial charge in [-0.05, 0) is 34.7 Å². The van der Waals surface area contributed by atoms with Crippen LogP contribution in [0.15, 0.2) is 42.5 Å². The maximum atomic E-state index is 12.7. The van der Waals surface area contributed by atoms with Crippen LogP contribution in [0.1, 0.15) is 10.4 Å². The second-order valence-corrected chi connectivity index (χ2v) is 7.69. The predicted octanol–water partition coefficient (Wildman–Crippen LogP) is 0.767. The van der Waals surface area contributed by atoms with E-state index >= 15 is 0 Å². The number of amides is 2. The highest BCUT2D eigenvalue weighted by atomic mass is 16.5. The number of carbonyl (C=O) groups excluding carboxylic acids is 2. The topological polar surface area (TPSA) is 124 Å². The SMILES string of the molecule is COc1cc(C(=O)NCC(=O)N2CCN(c3nnnn3-c3ccccc3)CC2)cc(OC)c1OC. The molecule has 184 valence electrons. The van der Waals surface area contributed by atoms with Gasteiger partial charge in [0.15, 0.2) is 11.5 Å². The molecule has 2 heterocycles. The Hall–Kier alpha value is -4.35. The summed E-state index contributed by atoms with van der Waals surface area (Å²) in [6.45, 7) is 1.98. The zero-order valence-corrected chi connectivity index (χ0v) is 19.8. The summed E-state index contributed by atoms with van der Waals surface area (Å²) in [5.41, 5.74) is 1.16. The van der Waals surface area contributed by atoms with Crippen molar-refractivity contribution in [1.29, 1.82) is 0 Å². The molecule has 1 fully saturated rings. The minimum atomic E-state index is -0.418. The molecule has 0 unspecified atom stereocenters. The van der Waals surface area contributed by atoms with E-state index in [1.807, 2.05) is 35.2 Å². The van der Waals surface area contributed by atoms with Crippen LogP contribution in [0, 0.1) is 0 Å². The van der Waals surface area contributed by atoms with Crippen LogP contribution in [-0.2, 0) is 4.79 Å². The van der Waals surface area contributed by atoms with E-state index in [0.717, 1.165) is 5.69 Å². The number of rotatable bonds is 8. The van der Waals surface area contributed by atoms with Crippen LogP contribution in [-0.4, -0.2) is 91.0 Å². The van der Waals surface area contributed by atoms with Gasteiger partial charge in [0, 0.05) is 31.7 Å². The molecular formula is C23H27N7O5. The molecule has 4 rings (SSSR count). The molecule has 1 aliphatic rings. The van der Waals surface area contributed by atoms with Crippen molar-refractivity contribution in [3.05, 3.63) is 48.0 Å². The Balaban J connectivity index is 1.33. The molecule has 0 radical (unpaired) electrons. The van der Waals surface area contributed by atoms with Crippen molar-refractivity contribution in [2.24, 2.45) is 0 Å². The van der Waals surface area contributed by atoms with Gasteiger partial charge >= 0.3 is 0 Å². The van der Waals surface area contributed by atoms with Gasteiger partial charge in [-0.3, -0.25) is 9.59 Å². The second-order valence-electron chi connectivity index (χ2n) is 7.69. The highest BCUT2D eigenvalue weighted by molar-refractivity contribution is 5.97. The van der Waals surface area contributed by atoms with Crippen LogP contribution in [0.5, 0.6) is 17.2 Å². The molecule has 0 saturated carbocycles. The van der Waals surface area contributed by atoms with E-state index in [4.69, 9.17) is 14.2 Å². The molecule has 0 bridgehead atoms. The van der Waals surface area contributed by atoms with Gasteiger partial charge < -0.3 is 29.3 Å². The van der Waals surface area contributed by atoms with E-state index in [1.54, 1.807) is 9.58 Å². The Bertz CT molecular complexity index is 1150. The Morgan fingerprint density at radius 2 is 1.60 bits per heavy atom. The first-order valence-corrected chi connectivity index (χ1v) is 11.0. The molecule has 2 aromatic carbocycles. The lowest BCUT2D eigenvalue weighted by atomic mass is 10.1. The summed E-state index contributed by atoms with van der Waals surface area (Å²) in [5.74, 6) is 1.14. The minimum absolute atomic E-state index is 0.128. The summed E-state index contributed by atoms with van der Waals surface area (Å²) in [5, 5.41) is 14.7. The van der Waals surface area contributed by atoms with Gasteiger partial charge in [0.25, 0.3) is 5.91 Å². The monoisotopic (exact) mass is 481 g/mol. The number of nitrogens with one attached hydrogen (secondary N) is 1. The lowest BCUT2D eigenvalue weighted by Crippen LogP contribution is -2.51. The van der Waals surface area contributed by atoms with E-state index in [1.165, 1.54) is 33.5 Å². The first kappa shape index (κ1) is 23.8. The van der Waals surface area contributed by atoms with Gasteiger partial charge in [-0.25, -0.2) is 0 Å². The number of benzene rings is 2. The third-order valence-corrected chi connectivity index (χ3v) is 5.70. The van der Waals surface area contributed by atoms with Crippen LogP contribution < -0.4 is 24.4 Å². The number of ether oxygens (including phenoxy) is 3. The fourth-order valence-electron chi connectivity index (χ4n) is 3.85. The summed E-state index contributed by atoms with van der Waals surface area (Å²) in [6.07, 6.45) is 0. The van der Waals surface area contributed by atoms with E-state index < -0.39 is 5.91 Å². The van der Waals surface area contributed by atoms with E-state index in [2.05, 4.69) is 20.8 Å². The van der Waals surface area contributed by atoms with Gasteiger partial charge in [-0.1, -0.05) is 23.3 Å². The van der Waals surface area contributed by atoms with Gasteiger partial charge in [0.2, 0.25) is 17.6 Å². The van der Waals surface area contributed by atoms with Crippen molar-refractivity contribution in [2.45, 2.75) is 0 Å². The number of nitrogens with zero attached hydrogens (tertiary/aromatic N) is 6. The molecule has 1 saturated heterocycles. The Morgan fingerprint density at radius 1 is 0.943 bits per heavy atom. The van der Waals surface area contributed by atoms with E-state index in [9.17, 15) is 9.59 Å². The maximum Gasteiger partial charge on any atom is 0.251 e. The van der Waals surface area contributed by atoms with Gasteiger partial charge in [-0.15, -0.1) is 0 Å². The minimum Gasteiger partial charge on any atom is -0.493 e. The van der Waals surface area contributed by atoms with Gasteiger partial charge in [0.05, 0.1) is 33.6 Å². The summed E-state index contributed by atoms with van der Waals surface area (Å²) in [6, 6.07) is 12.7. The number of aromatic nitrogens is 4. The average Bonchev–Trinajstić information content (AvgIpc) is 3.41. The molecular weight excluding hydrogens is 454 g/mol. The molecule has 1 aliphatic heterocycles. The smallest absolute Gasteiger partial charge is 0.251 e. The van der Waals surface area contributed by atoms with Crippen LogP contribution in [0.25, 0.3) is 5.69 Å². The largest absolute Gasteiger partial charge is 0.493 e. The Morgan fingerprint density at radius 3 is 2.20 bits per heavy atom. The normalized spacial score (nSPS) is 13.3. The summed E-state index contributed by atoms with van der Waals surface area (Å²) >= 11 is 0. The standard InChI is InChI=1S/C23H27N7O5/c1-33-18-13-16(14-19(34-2)21(18)35-3)22(32)24-15-20(31)28-9-11-29(12-10-28)23-25-26-27-30(23)17-7-5-4-6-8-17/h4-8,13-14H,9-12,15H2,1-3H3,(H,24,32). The van der Waals surface area contributed by atoms with Gasteiger partial charge in [0.1, 0.15) is 0 Å². The number of methoxy groups -OCH3 is 3. The van der Waals surface area contributed by atoms with E-state index in [0.29, 0.717) is 54.9 Å². The molecule has 0 atom stereocenters. The lowest BCUT2D eigenvalue weighted by molar-refractivity contribution is -0.130. The third-order valence-electron chi connectivity index (χ3n) is 5.70. The van der Waals surface area contributed by atoms with Crippen LogP contribution in [0.3, 0.4) is 0 Å². The van der Waals surface area contributed by atoms with Crippen molar-refractivity contribution < 1.29 is 23.8 Å². The van der Waals surface area contributed by atoms with Crippen molar-refractivity contribution in [1.82, 2.24) is 30.4 Å². The number of hydrogen-bond acceptors (Lipinski definition) is 9. The molecule has 3 aromatic rings. The highest BCUT2D eigenvalue weighted by Crippen LogP contribution is 2.38. The number of hydrogen-bond donors (Lipinski definition) is 1. The molecule has 1 N–H and O–H groups in total. The number of carbonyl (C=O) groups is 2. The average molecular weight is 482 g/mol. The first-order chi connectivity index (χ1) is 17.0. The Labute approximate surface area is 202 Å². The number of anilines is 1. The van der Waals surface area contributed by atoms with E-state index in [-0.39, 0.29) is 12.5 Å². The molecule has 0 aliphatic carbocycles. The molecule has 0 spiro atoms. The van der Waals surface area contributed by atoms with Crippen LogP contribution >= 0.6 is 0 Å². The summed E-state index contributed by atoms with van der Waals surface area (Å²) in [7, 11) is 4.43. The number of piperazine rings is 1. The third kappa shape index (κ3) is 5.10. The molecule has 12 nitrogen and oxygen atoms in total. The Kier molecular flexibility index (Phi) is 7.29. The van der Waals surface area contributed by atoms with Crippen molar-refractivity contribution >= 4 is 17.8 Å². The zero-order valence-electron chi connectivity index (χ0n) is 19.8. The first-order valence-electron chi connectivity index (χ1n) is 11.0. The zero-order chi connectivity index (χ0) is 24.8. The molecule has 2 amide bonds. The molecule has 12 heteroatoms. The fourth-order valence-corrected chi connectivity index (χ4v) is 3.85. The summed E-state index contributed by atoms with van der Waals surface area (Å²) < 4.78 is 17.5. The van der Waals surface area contributed by atoms with Crippen molar-refractivity contribution in [3.8, 4) is 22.9 Å².